The van der Waals surface area contributed by atoms with Crippen molar-refractivity contribution in [3.8, 4) is 0 Å². The van der Waals surface area contributed by atoms with E-state index in [1.54, 1.807) is 6.08 Å². The van der Waals surface area contributed by atoms with Crippen LogP contribution >= 0.6 is 0 Å². The van der Waals surface area contributed by atoms with E-state index in [9.17, 15) is 4.79 Å². The maximum atomic E-state index is 13.0. The molecule has 1 fully saturated rings. The van der Waals surface area contributed by atoms with Crippen molar-refractivity contribution in [2.24, 2.45) is 0 Å². The molecule has 0 bridgehead atoms. The van der Waals surface area contributed by atoms with Gasteiger partial charge in [0.05, 0.1) is 0 Å². The van der Waals surface area contributed by atoms with Gasteiger partial charge < -0.3 is 10.2 Å². The number of allylic oxidation sites excluding steroid dienone is 2. The number of nitrogens with zero attached hydrogens (tertiary/aromatic N) is 1. The van der Waals surface area contributed by atoms with E-state index >= 15 is 0 Å². The summed E-state index contributed by atoms with van der Waals surface area (Å²) in [6, 6.07) is 8.23. The maximum Gasteiger partial charge on any atom is 0.254 e. The van der Waals surface area contributed by atoms with Crippen LogP contribution in [0.4, 0.5) is 5.69 Å². The minimum Gasteiger partial charge on any atom is -0.370 e. The number of anilines is 1. The van der Waals surface area contributed by atoms with Crippen molar-refractivity contribution >= 4 is 11.6 Å². The Labute approximate surface area is 132 Å². The Balaban J connectivity index is 1.93. The first-order valence-electron chi connectivity index (χ1n) is 8.23. The molecule has 1 N–H and O–H groups in total. The van der Waals surface area contributed by atoms with Crippen molar-refractivity contribution in [3.05, 3.63) is 54.3 Å². The average molecular weight is 296 g/mol. The van der Waals surface area contributed by atoms with Crippen LogP contribution in [0.15, 0.2) is 48.7 Å². The first kappa shape index (κ1) is 14.9. The Bertz CT molecular complexity index is 599. The number of hydrogen-bond acceptors (Lipinski definition) is 2. The summed E-state index contributed by atoms with van der Waals surface area (Å²) in [4.78, 5) is 15.1. The second-order valence-electron chi connectivity index (χ2n) is 6.08. The largest absolute Gasteiger partial charge is 0.370 e. The molecule has 2 aliphatic rings. The monoisotopic (exact) mass is 296 g/mol. The molecular weight excluding hydrogens is 272 g/mol. The van der Waals surface area contributed by atoms with Gasteiger partial charge in [0.15, 0.2) is 0 Å². The second kappa shape index (κ2) is 6.39. The van der Waals surface area contributed by atoms with Crippen LogP contribution in [-0.2, 0) is 4.79 Å². The van der Waals surface area contributed by atoms with Crippen LogP contribution in [-0.4, -0.2) is 11.9 Å². The molecule has 3 heteroatoms. The van der Waals surface area contributed by atoms with Gasteiger partial charge in [0.25, 0.3) is 5.91 Å². The van der Waals surface area contributed by atoms with Gasteiger partial charge in [-0.15, -0.1) is 0 Å². The number of rotatable bonds is 4. The molecule has 22 heavy (non-hydrogen) atoms. The third kappa shape index (κ3) is 2.56. The Morgan fingerprint density at radius 2 is 2.00 bits per heavy atom. The fourth-order valence-electron chi connectivity index (χ4n) is 3.62. The maximum absolute atomic E-state index is 13.0. The van der Waals surface area contributed by atoms with Gasteiger partial charge in [-0.3, -0.25) is 4.79 Å². The van der Waals surface area contributed by atoms with E-state index in [-0.39, 0.29) is 11.9 Å². The van der Waals surface area contributed by atoms with Crippen LogP contribution < -0.4 is 10.2 Å². The number of hydrogen-bond donors (Lipinski definition) is 1. The third-order valence-corrected chi connectivity index (χ3v) is 4.77. The highest BCUT2D eigenvalue weighted by atomic mass is 16.2. The molecule has 1 aromatic carbocycles. The lowest BCUT2D eigenvalue weighted by Gasteiger charge is -2.32. The molecule has 0 spiro atoms. The van der Waals surface area contributed by atoms with Crippen molar-refractivity contribution in [1.29, 1.82) is 0 Å². The molecule has 1 unspecified atom stereocenters. The fourth-order valence-corrected chi connectivity index (χ4v) is 3.62. The number of carbonyl (C=O) groups is 1. The lowest BCUT2D eigenvalue weighted by molar-refractivity contribution is -0.120. The van der Waals surface area contributed by atoms with Gasteiger partial charge in [-0.05, 0) is 31.9 Å². The summed E-state index contributed by atoms with van der Waals surface area (Å²) in [6.07, 6.45) is 9.69. The Hall–Kier alpha value is -2.03. The standard InChI is InChI=1S/C19H24N2O/c1-3-14(4-2)20-18-16-12-8-9-13-17(16)21(19(18)22)15-10-6-5-7-11-15/h3-4,8-9,12-13,15,18,20H,1,5-7,10-11H2,2H3/b14-4+. The summed E-state index contributed by atoms with van der Waals surface area (Å²) in [5, 5.41) is 3.34. The van der Waals surface area contributed by atoms with Gasteiger partial charge in [0, 0.05) is 23.0 Å². The normalized spacial score (nSPS) is 22.6. The lowest BCUT2D eigenvalue weighted by atomic mass is 9.94. The van der Waals surface area contributed by atoms with Gasteiger partial charge in [0.1, 0.15) is 6.04 Å². The van der Waals surface area contributed by atoms with E-state index in [1.165, 1.54) is 19.3 Å². The summed E-state index contributed by atoms with van der Waals surface area (Å²) < 4.78 is 0. The molecular formula is C19H24N2O. The van der Waals surface area contributed by atoms with Crippen LogP contribution in [0.5, 0.6) is 0 Å². The SMILES string of the molecule is C=C/C(=C\C)NC1C(=O)N(C2CCCCC2)c2ccccc21. The summed E-state index contributed by atoms with van der Waals surface area (Å²) in [6.45, 7) is 5.76. The van der Waals surface area contributed by atoms with E-state index in [1.807, 2.05) is 30.0 Å². The number of carbonyl (C=O) groups excluding carboxylic acids is 1. The molecule has 1 aliphatic heterocycles. The zero-order chi connectivity index (χ0) is 15.5. The van der Waals surface area contributed by atoms with E-state index in [4.69, 9.17) is 0 Å². The highest BCUT2D eigenvalue weighted by Gasteiger charge is 2.40. The van der Waals surface area contributed by atoms with Gasteiger partial charge in [-0.25, -0.2) is 0 Å². The van der Waals surface area contributed by atoms with Crippen LogP contribution in [0, 0.1) is 0 Å². The van der Waals surface area contributed by atoms with Crippen molar-refractivity contribution in [1.82, 2.24) is 5.32 Å². The average Bonchev–Trinajstić information content (AvgIpc) is 2.85. The number of benzene rings is 1. The van der Waals surface area contributed by atoms with Crippen molar-refractivity contribution < 1.29 is 4.79 Å². The number of amides is 1. The van der Waals surface area contributed by atoms with E-state index in [2.05, 4.69) is 24.0 Å². The molecule has 3 nitrogen and oxygen atoms in total. The van der Waals surface area contributed by atoms with Crippen LogP contribution in [0.25, 0.3) is 0 Å². The topological polar surface area (TPSA) is 32.3 Å². The summed E-state index contributed by atoms with van der Waals surface area (Å²) in [7, 11) is 0. The van der Waals surface area contributed by atoms with Crippen LogP contribution in [0.3, 0.4) is 0 Å². The van der Waals surface area contributed by atoms with Crippen molar-refractivity contribution in [3.63, 3.8) is 0 Å². The highest BCUT2D eigenvalue weighted by Crippen LogP contribution is 2.40. The minimum atomic E-state index is -0.290. The van der Waals surface area contributed by atoms with Crippen molar-refractivity contribution in [2.75, 3.05) is 4.90 Å². The predicted octanol–water partition coefficient (Wildman–Crippen LogP) is 4.09. The quantitative estimate of drug-likeness (QED) is 0.849. The highest BCUT2D eigenvalue weighted by molar-refractivity contribution is 6.05. The van der Waals surface area contributed by atoms with Gasteiger partial charge in [-0.1, -0.05) is 50.1 Å². The summed E-state index contributed by atoms with van der Waals surface area (Å²) in [5.41, 5.74) is 3.06. The number of nitrogens with one attached hydrogen (secondary N) is 1. The molecule has 1 heterocycles. The van der Waals surface area contributed by atoms with Crippen LogP contribution in [0.1, 0.15) is 50.6 Å². The molecule has 1 aromatic rings. The second-order valence-corrected chi connectivity index (χ2v) is 6.08. The lowest BCUT2D eigenvalue weighted by Crippen LogP contribution is -2.42. The third-order valence-electron chi connectivity index (χ3n) is 4.77. The molecule has 1 amide bonds. The molecule has 0 saturated heterocycles. The van der Waals surface area contributed by atoms with Crippen LogP contribution in [0.2, 0.25) is 0 Å². The van der Waals surface area contributed by atoms with E-state index < -0.39 is 0 Å². The first-order valence-corrected chi connectivity index (χ1v) is 8.23. The van der Waals surface area contributed by atoms with Crippen molar-refractivity contribution in [2.45, 2.75) is 51.1 Å². The molecule has 3 rings (SSSR count). The summed E-state index contributed by atoms with van der Waals surface area (Å²) >= 11 is 0. The van der Waals surface area contributed by atoms with Gasteiger partial charge in [0.2, 0.25) is 0 Å². The smallest absolute Gasteiger partial charge is 0.254 e. The fraction of sp³-hybridized carbons (Fsp3) is 0.421. The minimum absolute atomic E-state index is 0.175. The first-order chi connectivity index (χ1) is 10.8. The van der Waals surface area contributed by atoms with E-state index in [0.29, 0.717) is 6.04 Å². The molecule has 1 atom stereocenters. The number of para-hydroxylation sites is 1. The number of fused-ring (bicyclic) bond motifs is 1. The van der Waals surface area contributed by atoms with Gasteiger partial charge >= 0.3 is 0 Å². The molecule has 0 radical (unpaired) electrons. The zero-order valence-corrected chi connectivity index (χ0v) is 13.2. The molecule has 116 valence electrons. The zero-order valence-electron chi connectivity index (χ0n) is 13.2. The molecule has 1 aliphatic carbocycles. The molecule has 1 saturated carbocycles. The summed E-state index contributed by atoms with van der Waals surface area (Å²) in [5.74, 6) is 0.175. The van der Waals surface area contributed by atoms with Gasteiger partial charge in [-0.2, -0.15) is 0 Å². The Morgan fingerprint density at radius 3 is 2.68 bits per heavy atom. The predicted molar refractivity (Wildman–Crippen MR) is 90.6 cm³/mol. The van der Waals surface area contributed by atoms with E-state index in [0.717, 1.165) is 29.8 Å². The Kier molecular flexibility index (Phi) is 4.32. The molecule has 0 aromatic heterocycles. The Morgan fingerprint density at radius 1 is 1.27 bits per heavy atom.